The summed E-state index contributed by atoms with van der Waals surface area (Å²) in [7, 11) is 0. The zero-order chi connectivity index (χ0) is 23.3. The summed E-state index contributed by atoms with van der Waals surface area (Å²) < 4.78 is 0. The van der Waals surface area contributed by atoms with Crippen LogP contribution >= 0.6 is 0 Å². The van der Waals surface area contributed by atoms with Crippen molar-refractivity contribution in [1.82, 2.24) is 4.90 Å². The van der Waals surface area contributed by atoms with Gasteiger partial charge in [0.2, 0.25) is 11.8 Å². The smallest absolute Gasteiger partial charge is 0.229 e. The van der Waals surface area contributed by atoms with Crippen LogP contribution in [-0.4, -0.2) is 36.3 Å². The lowest BCUT2D eigenvalue weighted by Crippen LogP contribution is -2.44. The molecule has 0 spiro atoms. The van der Waals surface area contributed by atoms with Gasteiger partial charge in [-0.25, -0.2) is 0 Å². The van der Waals surface area contributed by atoms with E-state index in [0.29, 0.717) is 13.0 Å². The lowest BCUT2D eigenvalue weighted by atomic mass is 9.96. The summed E-state index contributed by atoms with van der Waals surface area (Å²) in [4.78, 5) is 30.3. The Kier molecular flexibility index (Phi) is 6.61. The van der Waals surface area contributed by atoms with Crippen molar-refractivity contribution in [3.8, 4) is 0 Å². The van der Waals surface area contributed by atoms with Gasteiger partial charge in [0, 0.05) is 37.6 Å². The molecule has 0 saturated carbocycles. The minimum absolute atomic E-state index is 0.00600. The number of amides is 2. The maximum atomic E-state index is 13.2. The third kappa shape index (κ3) is 4.98. The van der Waals surface area contributed by atoms with Crippen molar-refractivity contribution >= 4 is 23.2 Å². The molecule has 0 radical (unpaired) electrons. The van der Waals surface area contributed by atoms with E-state index in [1.54, 1.807) is 0 Å². The molecule has 1 N–H and O–H groups in total. The monoisotopic (exact) mass is 453 g/mol. The highest BCUT2D eigenvalue weighted by molar-refractivity contribution is 5.94. The molecule has 34 heavy (non-hydrogen) atoms. The van der Waals surface area contributed by atoms with E-state index in [4.69, 9.17) is 0 Å². The van der Waals surface area contributed by atoms with E-state index in [9.17, 15) is 9.59 Å². The van der Waals surface area contributed by atoms with Crippen molar-refractivity contribution in [1.29, 1.82) is 0 Å². The highest BCUT2D eigenvalue weighted by atomic mass is 16.2. The van der Waals surface area contributed by atoms with Gasteiger partial charge in [-0.05, 0) is 48.1 Å². The predicted molar refractivity (Wildman–Crippen MR) is 136 cm³/mol. The van der Waals surface area contributed by atoms with Gasteiger partial charge in [0.25, 0.3) is 0 Å². The molecule has 0 aromatic heterocycles. The van der Waals surface area contributed by atoms with Crippen molar-refractivity contribution in [2.75, 3.05) is 29.9 Å². The van der Waals surface area contributed by atoms with Gasteiger partial charge in [0.1, 0.15) is 0 Å². The number of carbonyl (C=O) groups excluding carboxylic acids is 2. The fraction of sp³-hybridized carbons (Fsp3) is 0.310. The number of hydrogen-bond donors (Lipinski definition) is 1. The number of rotatable bonds is 6. The number of hydrogen-bond acceptors (Lipinski definition) is 3. The average Bonchev–Trinajstić information content (AvgIpc) is 3.28. The number of carbonyl (C=O) groups is 2. The molecule has 5 heteroatoms. The fourth-order valence-corrected chi connectivity index (χ4v) is 5.09. The molecule has 0 aliphatic carbocycles. The van der Waals surface area contributed by atoms with Crippen molar-refractivity contribution in [3.63, 3.8) is 0 Å². The minimum atomic E-state index is -0.186. The Balaban J connectivity index is 1.23. The van der Waals surface area contributed by atoms with Crippen LogP contribution in [0.4, 0.5) is 11.4 Å². The molecule has 3 aromatic rings. The molecule has 2 amide bonds. The van der Waals surface area contributed by atoms with Gasteiger partial charge in [0.15, 0.2) is 0 Å². The van der Waals surface area contributed by atoms with E-state index >= 15 is 0 Å². The van der Waals surface area contributed by atoms with Gasteiger partial charge >= 0.3 is 0 Å². The number of para-hydroxylation sites is 2. The highest BCUT2D eigenvalue weighted by Gasteiger charge is 2.29. The first-order valence-electron chi connectivity index (χ1n) is 12.2. The van der Waals surface area contributed by atoms with Gasteiger partial charge in [-0.3, -0.25) is 9.59 Å². The summed E-state index contributed by atoms with van der Waals surface area (Å²) in [6, 6.07) is 26.4. The third-order valence-electron chi connectivity index (χ3n) is 6.96. The van der Waals surface area contributed by atoms with Gasteiger partial charge in [0.05, 0.1) is 12.3 Å². The average molecular weight is 454 g/mol. The zero-order valence-corrected chi connectivity index (χ0v) is 19.5. The molecule has 1 fully saturated rings. The van der Waals surface area contributed by atoms with E-state index in [1.807, 2.05) is 53.4 Å². The lowest BCUT2D eigenvalue weighted by molar-refractivity contribution is -0.133. The Hall–Kier alpha value is -3.60. The number of fused-ring (bicyclic) bond motifs is 1. The molecule has 5 rings (SSSR count). The molecule has 3 aromatic carbocycles. The first kappa shape index (κ1) is 22.2. The number of anilines is 2. The van der Waals surface area contributed by atoms with Crippen LogP contribution in [0.2, 0.25) is 0 Å². The number of nitrogens with zero attached hydrogens (tertiary/aromatic N) is 2. The quantitative estimate of drug-likeness (QED) is 0.590. The van der Waals surface area contributed by atoms with Gasteiger partial charge in [-0.1, -0.05) is 66.7 Å². The predicted octanol–water partition coefficient (Wildman–Crippen LogP) is 4.67. The van der Waals surface area contributed by atoms with Crippen LogP contribution in [0.15, 0.2) is 78.9 Å². The van der Waals surface area contributed by atoms with E-state index in [0.717, 1.165) is 55.7 Å². The summed E-state index contributed by atoms with van der Waals surface area (Å²) in [6.07, 6.45) is 3.10. The summed E-state index contributed by atoms with van der Waals surface area (Å²) in [5.41, 5.74) is 5.65. The van der Waals surface area contributed by atoms with Crippen LogP contribution in [0.5, 0.6) is 0 Å². The zero-order valence-electron chi connectivity index (χ0n) is 19.5. The van der Waals surface area contributed by atoms with Crippen LogP contribution in [0.3, 0.4) is 0 Å². The molecule has 2 aliphatic heterocycles. The normalized spacial score (nSPS) is 17.4. The maximum Gasteiger partial charge on any atom is 0.229 e. The fourth-order valence-electron chi connectivity index (χ4n) is 5.09. The Morgan fingerprint density at radius 1 is 0.882 bits per heavy atom. The topological polar surface area (TPSA) is 52.7 Å². The lowest BCUT2D eigenvalue weighted by Gasteiger charge is -2.32. The molecule has 5 nitrogen and oxygen atoms in total. The van der Waals surface area contributed by atoms with Crippen LogP contribution < -0.4 is 10.2 Å². The molecular formula is C29H31N3O2. The van der Waals surface area contributed by atoms with Crippen LogP contribution in [0.25, 0.3) is 0 Å². The Labute approximate surface area is 201 Å². The largest absolute Gasteiger partial charge is 0.367 e. The van der Waals surface area contributed by atoms with Gasteiger partial charge in [-0.15, -0.1) is 0 Å². The highest BCUT2D eigenvalue weighted by Crippen LogP contribution is 2.30. The molecule has 2 heterocycles. The molecular weight excluding hydrogens is 422 g/mol. The van der Waals surface area contributed by atoms with Gasteiger partial charge in [-0.2, -0.15) is 0 Å². The molecule has 0 bridgehead atoms. The second kappa shape index (κ2) is 10.1. The van der Waals surface area contributed by atoms with Crippen LogP contribution in [0, 0.1) is 5.92 Å². The minimum Gasteiger partial charge on any atom is -0.367 e. The number of benzene rings is 3. The van der Waals surface area contributed by atoms with E-state index in [2.05, 4.69) is 40.5 Å². The summed E-state index contributed by atoms with van der Waals surface area (Å²) in [5, 5.41) is 3.18. The van der Waals surface area contributed by atoms with Crippen molar-refractivity contribution in [2.45, 2.75) is 32.2 Å². The molecule has 2 aliphatic rings. The SMILES string of the molecule is O=C(Nc1ccccc1CN1CCc2ccccc21)C1CCCN(C(=O)Cc2ccccc2)C1. The first-order chi connectivity index (χ1) is 16.7. The second-order valence-corrected chi connectivity index (χ2v) is 9.29. The Morgan fingerprint density at radius 3 is 2.53 bits per heavy atom. The Morgan fingerprint density at radius 2 is 1.65 bits per heavy atom. The maximum absolute atomic E-state index is 13.2. The molecule has 1 atom stereocenters. The standard InChI is InChI=1S/C29H31N3O2/c33-28(19-22-9-2-1-3-10-22)32-17-8-13-25(21-32)29(34)30-26-14-6-4-12-24(26)20-31-18-16-23-11-5-7-15-27(23)31/h1-7,9-12,14-15,25H,8,13,16-21H2,(H,30,34). The third-order valence-corrected chi connectivity index (χ3v) is 6.96. The van der Waals surface area contributed by atoms with E-state index in [-0.39, 0.29) is 17.7 Å². The van der Waals surface area contributed by atoms with E-state index in [1.165, 1.54) is 11.3 Å². The number of likely N-dealkylation sites (tertiary alicyclic amines) is 1. The second-order valence-electron chi connectivity index (χ2n) is 9.29. The van der Waals surface area contributed by atoms with Crippen LogP contribution in [-0.2, 0) is 29.0 Å². The molecule has 174 valence electrons. The van der Waals surface area contributed by atoms with E-state index < -0.39 is 0 Å². The van der Waals surface area contributed by atoms with Crippen molar-refractivity contribution in [3.05, 3.63) is 95.6 Å². The number of nitrogens with one attached hydrogen (secondary N) is 1. The first-order valence-corrected chi connectivity index (χ1v) is 12.2. The summed E-state index contributed by atoms with van der Waals surface area (Å²) in [6.45, 7) is 2.96. The molecule has 1 unspecified atom stereocenters. The van der Waals surface area contributed by atoms with Crippen molar-refractivity contribution in [2.24, 2.45) is 5.92 Å². The number of piperidine rings is 1. The summed E-state index contributed by atoms with van der Waals surface area (Å²) >= 11 is 0. The van der Waals surface area contributed by atoms with Crippen molar-refractivity contribution < 1.29 is 9.59 Å². The van der Waals surface area contributed by atoms with Crippen LogP contribution in [0.1, 0.15) is 29.5 Å². The molecule has 1 saturated heterocycles. The Bertz CT molecular complexity index is 1160. The summed E-state index contributed by atoms with van der Waals surface area (Å²) in [5.74, 6) is -0.0858. The van der Waals surface area contributed by atoms with Gasteiger partial charge < -0.3 is 15.1 Å².